The second-order valence-electron chi connectivity index (χ2n) is 7.05. The van der Waals surface area contributed by atoms with Gasteiger partial charge in [-0.1, -0.05) is 24.3 Å². The highest BCUT2D eigenvalue weighted by Crippen LogP contribution is 2.38. The molecule has 8 nitrogen and oxygen atoms in total. The summed E-state index contributed by atoms with van der Waals surface area (Å²) >= 11 is 1.39. The van der Waals surface area contributed by atoms with Crippen molar-refractivity contribution in [1.82, 2.24) is 15.0 Å². The summed E-state index contributed by atoms with van der Waals surface area (Å²) in [6, 6.07) is 6.02. The maximum absolute atomic E-state index is 13.0. The first-order valence-corrected chi connectivity index (χ1v) is 10.4. The average Bonchev–Trinajstić information content (AvgIpc) is 3.08. The van der Waals surface area contributed by atoms with Gasteiger partial charge < -0.3 is 11.1 Å². The van der Waals surface area contributed by atoms with E-state index in [0.717, 1.165) is 40.8 Å². The molecule has 0 saturated heterocycles. The molecule has 0 aliphatic heterocycles. The van der Waals surface area contributed by atoms with E-state index in [1.165, 1.54) is 11.3 Å². The molecular weight excluding hydrogens is 390 g/mol. The molecule has 0 unspecified atom stereocenters. The molecule has 3 N–H and O–H groups in total. The number of amides is 2. The highest BCUT2D eigenvalue weighted by Gasteiger charge is 2.28. The summed E-state index contributed by atoms with van der Waals surface area (Å²) in [5.41, 5.74) is 7.04. The van der Waals surface area contributed by atoms with E-state index in [0.29, 0.717) is 27.9 Å². The van der Waals surface area contributed by atoms with Crippen LogP contribution in [0.4, 0.5) is 5.00 Å². The summed E-state index contributed by atoms with van der Waals surface area (Å²) < 4.78 is 1.11. The molecule has 4 rings (SSSR count). The van der Waals surface area contributed by atoms with Gasteiger partial charge in [0.25, 0.3) is 11.5 Å². The number of nitrogens with one attached hydrogen (secondary N) is 1. The van der Waals surface area contributed by atoms with Crippen molar-refractivity contribution in [2.24, 2.45) is 5.73 Å². The van der Waals surface area contributed by atoms with Crippen molar-refractivity contribution in [3.8, 4) is 0 Å². The maximum atomic E-state index is 13.0. The number of anilines is 1. The number of carbonyl (C=O) groups is 2. The Morgan fingerprint density at radius 1 is 1.28 bits per heavy atom. The lowest BCUT2D eigenvalue weighted by atomic mass is 9.95. The van der Waals surface area contributed by atoms with Crippen LogP contribution in [0.3, 0.4) is 0 Å². The Balaban J connectivity index is 1.69. The summed E-state index contributed by atoms with van der Waals surface area (Å²) in [6.45, 7) is 1.79. The van der Waals surface area contributed by atoms with E-state index >= 15 is 0 Å². The lowest BCUT2D eigenvalue weighted by Gasteiger charge is -2.16. The van der Waals surface area contributed by atoms with Gasteiger partial charge in [0, 0.05) is 4.88 Å². The van der Waals surface area contributed by atoms with Crippen molar-refractivity contribution in [2.75, 3.05) is 5.32 Å². The third-order valence-corrected chi connectivity index (χ3v) is 6.44. The Morgan fingerprint density at radius 2 is 2.03 bits per heavy atom. The van der Waals surface area contributed by atoms with Crippen LogP contribution in [0.5, 0.6) is 0 Å². The van der Waals surface area contributed by atoms with Crippen LogP contribution in [0.25, 0.3) is 10.9 Å². The maximum Gasteiger partial charge on any atom is 0.278 e. The van der Waals surface area contributed by atoms with Crippen LogP contribution in [0, 0.1) is 0 Å². The molecule has 150 valence electrons. The van der Waals surface area contributed by atoms with Gasteiger partial charge in [-0.25, -0.2) is 0 Å². The molecule has 0 bridgehead atoms. The standard InChI is InChI=1S/C20H21N5O3S/c1-2-14(25-20(28)11-7-3-5-9-13(11)23-24-25)18(27)22-19-16(17(21)26)12-8-4-6-10-15(12)29-19/h3,5,7,9,14H,2,4,6,8,10H2,1H3,(H2,21,26)(H,22,27)/t14-/m0/s1. The zero-order valence-electron chi connectivity index (χ0n) is 16.0. The van der Waals surface area contributed by atoms with E-state index in [1.54, 1.807) is 31.2 Å². The fourth-order valence-electron chi connectivity index (χ4n) is 3.79. The third kappa shape index (κ3) is 3.42. The molecule has 0 fully saturated rings. The number of nitrogens with zero attached hydrogens (tertiary/aromatic N) is 3. The molecule has 0 radical (unpaired) electrons. The van der Waals surface area contributed by atoms with Gasteiger partial charge >= 0.3 is 0 Å². The van der Waals surface area contributed by atoms with Crippen LogP contribution in [0.1, 0.15) is 53.0 Å². The fourth-order valence-corrected chi connectivity index (χ4v) is 5.08. The molecule has 0 saturated carbocycles. The normalized spacial score (nSPS) is 14.4. The number of primary amides is 1. The molecule has 1 aliphatic carbocycles. The van der Waals surface area contributed by atoms with Crippen molar-refractivity contribution in [2.45, 2.75) is 45.1 Å². The second kappa shape index (κ2) is 7.75. The Bertz CT molecular complexity index is 1170. The molecule has 0 spiro atoms. The van der Waals surface area contributed by atoms with Crippen molar-refractivity contribution in [3.63, 3.8) is 0 Å². The van der Waals surface area contributed by atoms with E-state index in [2.05, 4.69) is 15.6 Å². The van der Waals surface area contributed by atoms with Gasteiger partial charge in [-0.3, -0.25) is 14.4 Å². The topological polar surface area (TPSA) is 120 Å². The van der Waals surface area contributed by atoms with E-state index in [1.807, 2.05) is 0 Å². The summed E-state index contributed by atoms with van der Waals surface area (Å²) in [4.78, 5) is 39.0. The minimum Gasteiger partial charge on any atom is -0.365 e. The van der Waals surface area contributed by atoms with Crippen molar-refractivity contribution in [1.29, 1.82) is 0 Å². The van der Waals surface area contributed by atoms with Crippen LogP contribution in [0.15, 0.2) is 29.1 Å². The van der Waals surface area contributed by atoms with Gasteiger partial charge in [-0.2, -0.15) is 4.68 Å². The number of thiophene rings is 1. The molecular formula is C20H21N5O3S. The van der Waals surface area contributed by atoms with E-state index < -0.39 is 17.9 Å². The average molecular weight is 411 g/mol. The van der Waals surface area contributed by atoms with E-state index in [-0.39, 0.29) is 5.56 Å². The second-order valence-corrected chi connectivity index (χ2v) is 8.15. The SMILES string of the molecule is CC[C@@H](C(=O)Nc1sc2c(c1C(N)=O)CCCC2)n1nnc2ccccc2c1=O. The molecule has 1 aliphatic rings. The number of rotatable bonds is 5. The Kier molecular flexibility index (Phi) is 5.14. The first-order chi connectivity index (χ1) is 14.0. The highest BCUT2D eigenvalue weighted by atomic mass is 32.1. The smallest absolute Gasteiger partial charge is 0.278 e. The first-order valence-electron chi connectivity index (χ1n) is 9.60. The van der Waals surface area contributed by atoms with Crippen molar-refractivity contribution in [3.05, 3.63) is 50.6 Å². The Morgan fingerprint density at radius 3 is 2.79 bits per heavy atom. The molecule has 29 heavy (non-hydrogen) atoms. The third-order valence-electron chi connectivity index (χ3n) is 5.23. The molecule has 2 aromatic heterocycles. The van der Waals surface area contributed by atoms with Crippen LogP contribution in [0.2, 0.25) is 0 Å². The lowest BCUT2D eigenvalue weighted by Crippen LogP contribution is -2.35. The quantitative estimate of drug-likeness (QED) is 0.668. The molecule has 2 amide bonds. The lowest BCUT2D eigenvalue weighted by molar-refractivity contribution is -0.119. The molecule has 3 aromatic rings. The zero-order valence-corrected chi connectivity index (χ0v) is 16.8. The number of fused-ring (bicyclic) bond motifs is 2. The van der Waals surface area contributed by atoms with Crippen LogP contribution in [-0.4, -0.2) is 26.8 Å². The zero-order chi connectivity index (χ0) is 20.5. The summed E-state index contributed by atoms with van der Waals surface area (Å²) in [5, 5.41) is 11.7. The summed E-state index contributed by atoms with van der Waals surface area (Å²) in [6.07, 6.45) is 4.06. The Hall–Kier alpha value is -3.07. The highest BCUT2D eigenvalue weighted by molar-refractivity contribution is 7.17. The number of hydrogen-bond acceptors (Lipinski definition) is 6. The summed E-state index contributed by atoms with van der Waals surface area (Å²) in [5.74, 6) is -0.962. The van der Waals surface area contributed by atoms with Crippen LogP contribution in [-0.2, 0) is 17.6 Å². The minimum atomic E-state index is -0.848. The van der Waals surface area contributed by atoms with Crippen LogP contribution >= 0.6 is 11.3 Å². The van der Waals surface area contributed by atoms with Gasteiger partial charge in [-0.15, -0.1) is 16.4 Å². The number of carbonyl (C=O) groups excluding carboxylic acids is 2. The van der Waals surface area contributed by atoms with E-state index in [4.69, 9.17) is 5.73 Å². The van der Waals surface area contributed by atoms with Gasteiger partial charge in [0.2, 0.25) is 5.91 Å². The monoisotopic (exact) mass is 411 g/mol. The van der Waals surface area contributed by atoms with Gasteiger partial charge in [0.05, 0.1) is 10.9 Å². The Labute approximate surface area is 170 Å². The van der Waals surface area contributed by atoms with Gasteiger partial charge in [0.15, 0.2) is 0 Å². The number of benzene rings is 1. The molecule has 1 aromatic carbocycles. The summed E-state index contributed by atoms with van der Waals surface area (Å²) in [7, 11) is 0. The van der Waals surface area contributed by atoms with Gasteiger partial charge in [-0.05, 0) is 49.8 Å². The van der Waals surface area contributed by atoms with Crippen molar-refractivity contribution >= 4 is 39.1 Å². The van der Waals surface area contributed by atoms with Gasteiger partial charge in [0.1, 0.15) is 16.6 Å². The number of nitrogens with two attached hydrogens (primary N) is 1. The largest absolute Gasteiger partial charge is 0.365 e. The predicted octanol–water partition coefficient (Wildman–Crippen LogP) is 2.42. The van der Waals surface area contributed by atoms with E-state index in [9.17, 15) is 14.4 Å². The predicted molar refractivity (Wildman–Crippen MR) is 111 cm³/mol. The van der Waals surface area contributed by atoms with Crippen LogP contribution < -0.4 is 16.6 Å². The molecule has 2 heterocycles. The number of hydrogen-bond donors (Lipinski definition) is 2. The minimum absolute atomic E-state index is 0.343. The molecule has 9 heteroatoms. The number of aromatic nitrogens is 3. The number of aryl methyl sites for hydroxylation is 1. The fraction of sp³-hybridized carbons (Fsp3) is 0.350. The van der Waals surface area contributed by atoms with Crippen molar-refractivity contribution < 1.29 is 9.59 Å². The first kappa shape index (κ1) is 19.3. The molecule has 1 atom stereocenters.